The van der Waals surface area contributed by atoms with Crippen LogP contribution in [0, 0.1) is 0 Å². The van der Waals surface area contributed by atoms with Crippen molar-refractivity contribution in [2.24, 2.45) is 0 Å². The van der Waals surface area contributed by atoms with Gasteiger partial charge in [0.25, 0.3) is 0 Å². The van der Waals surface area contributed by atoms with E-state index in [4.69, 9.17) is 0 Å². The number of fused-ring (bicyclic) bond motifs is 1. The molecule has 5 heteroatoms. The molecule has 0 aliphatic carbocycles. The lowest BCUT2D eigenvalue weighted by Gasteiger charge is -2.32. The first kappa shape index (κ1) is 11.3. The standard InChI is InChI=1S/C13H17N5/c1-14-10-4-8-18(9-5-10)12-3-2-11-13(17-12)16-7-6-15-11/h2-3,6-7,10,14H,4-5,8-9H2,1H3. The van der Waals surface area contributed by atoms with E-state index in [1.165, 1.54) is 0 Å². The first-order valence-corrected chi connectivity index (χ1v) is 6.37. The molecule has 1 aliphatic heterocycles. The van der Waals surface area contributed by atoms with E-state index in [0.717, 1.165) is 42.9 Å². The van der Waals surface area contributed by atoms with E-state index in [0.29, 0.717) is 6.04 Å². The molecule has 1 aliphatic rings. The van der Waals surface area contributed by atoms with E-state index in [1.807, 2.05) is 19.2 Å². The summed E-state index contributed by atoms with van der Waals surface area (Å²) in [6.45, 7) is 2.09. The van der Waals surface area contributed by atoms with Gasteiger partial charge < -0.3 is 10.2 Å². The number of rotatable bonds is 2. The molecule has 2 aromatic rings. The van der Waals surface area contributed by atoms with E-state index < -0.39 is 0 Å². The predicted molar refractivity (Wildman–Crippen MR) is 71.6 cm³/mol. The van der Waals surface area contributed by atoms with Gasteiger partial charge in [0.15, 0.2) is 5.65 Å². The Balaban J connectivity index is 1.82. The van der Waals surface area contributed by atoms with E-state index in [2.05, 4.69) is 25.2 Å². The molecule has 3 heterocycles. The van der Waals surface area contributed by atoms with Gasteiger partial charge in [0, 0.05) is 31.5 Å². The quantitative estimate of drug-likeness (QED) is 0.859. The molecule has 2 aromatic heterocycles. The minimum Gasteiger partial charge on any atom is -0.356 e. The largest absolute Gasteiger partial charge is 0.356 e. The van der Waals surface area contributed by atoms with Crippen LogP contribution in [-0.4, -0.2) is 41.1 Å². The first-order chi connectivity index (χ1) is 8.86. The van der Waals surface area contributed by atoms with Crippen molar-refractivity contribution in [3.05, 3.63) is 24.5 Å². The SMILES string of the molecule is CNC1CCN(c2ccc3nccnc3n2)CC1. The van der Waals surface area contributed by atoms with Crippen molar-refractivity contribution in [3.63, 3.8) is 0 Å². The molecule has 0 spiro atoms. The topological polar surface area (TPSA) is 53.9 Å². The van der Waals surface area contributed by atoms with E-state index >= 15 is 0 Å². The minimum absolute atomic E-state index is 0.640. The molecule has 94 valence electrons. The fourth-order valence-electron chi connectivity index (χ4n) is 2.42. The molecule has 1 saturated heterocycles. The highest BCUT2D eigenvalue weighted by atomic mass is 15.2. The number of piperidine rings is 1. The van der Waals surface area contributed by atoms with Crippen LogP contribution in [0.3, 0.4) is 0 Å². The Labute approximate surface area is 106 Å². The Morgan fingerprint density at radius 2 is 1.94 bits per heavy atom. The fourth-order valence-corrected chi connectivity index (χ4v) is 2.42. The number of pyridine rings is 1. The van der Waals surface area contributed by atoms with Crippen molar-refractivity contribution in [2.75, 3.05) is 25.0 Å². The highest BCUT2D eigenvalue weighted by molar-refractivity contribution is 5.71. The van der Waals surface area contributed by atoms with Gasteiger partial charge in [-0.15, -0.1) is 0 Å². The molecule has 0 radical (unpaired) electrons. The average molecular weight is 243 g/mol. The Hall–Kier alpha value is -1.75. The predicted octanol–water partition coefficient (Wildman–Crippen LogP) is 1.21. The lowest BCUT2D eigenvalue weighted by atomic mass is 10.1. The zero-order valence-corrected chi connectivity index (χ0v) is 10.5. The lowest BCUT2D eigenvalue weighted by molar-refractivity contribution is 0.441. The summed E-state index contributed by atoms with van der Waals surface area (Å²) in [5, 5.41) is 3.34. The fraction of sp³-hybridized carbons (Fsp3) is 0.462. The molecule has 0 amide bonds. The number of hydrogen-bond acceptors (Lipinski definition) is 5. The Morgan fingerprint density at radius 3 is 2.72 bits per heavy atom. The van der Waals surface area contributed by atoms with Crippen LogP contribution in [0.15, 0.2) is 24.5 Å². The lowest BCUT2D eigenvalue weighted by Crippen LogP contribution is -2.41. The van der Waals surface area contributed by atoms with Gasteiger partial charge in [0.2, 0.25) is 0 Å². The summed E-state index contributed by atoms with van der Waals surface area (Å²) in [6, 6.07) is 4.67. The van der Waals surface area contributed by atoms with Crippen LogP contribution in [0.25, 0.3) is 11.2 Å². The van der Waals surface area contributed by atoms with E-state index in [1.54, 1.807) is 12.4 Å². The van der Waals surface area contributed by atoms with Crippen LogP contribution in [-0.2, 0) is 0 Å². The van der Waals surface area contributed by atoms with Crippen molar-refractivity contribution in [3.8, 4) is 0 Å². The summed E-state index contributed by atoms with van der Waals surface area (Å²) < 4.78 is 0. The molecule has 3 rings (SSSR count). The number of hydrogen-bond donors (Lipinski definition) is 1. The van der Waals surface area contributed by atoms with Gasteiger partial charge in [-0.05, 0) is 32.0 Å². The van der Waals surface area contributed by atoms with Crippen LogP contribution in [0.5, 0.6) is 0 Å². The van der Waals surface area contributed by atoms with Crippen LogP contribution in [0.1, 0.15) is 12.8 Å². The summed E-state index contributed by atoms with van der Waals surface area (Å²) >= 11 is 0. The van der Waals surface area contributed by atoms with Gasteiger partial charge >= 0.3 is 0 Å². The van der Waals surface area contributed by atoms with Crippen molar-refractivity contribution in [1.29, 1.82) is 0 Å². The molecule has 0 saturated carbocycles. The maximum absolute atomic E-state index is 4.58. The molecule has 1 fully saturated rings. The third-order valence-corrected chi connectivity index (χ3v) is 3.54. The maximum atomic E-state index is 4.58. The van der Waals surface area contributed by atoms with E-state index in [-0.39, 0.29) is 0 Å². The van der Waals surface area contributed by atoms with Crippen molar-refractivity contribution in [1.82, 2.24) is 20.3 Å². The Kier molecular flexibility index (Phi) is 3.06. The van der Waals surface area contributed by atoms with Crippen molar-refractivity contribution < 1.29 is 0 Å². The van der Waals surface area contributed by atoms with Crippen LogP contribution < -0.4 is 10.2 Å². The molecule has 1 N–H and O–H groups in total. The molecule has 0 unspecified atom stereocenters. The molecular weight excluding hydrogens is 226 g/mol. The van der Waals surface area contributed by atoms with Crippen LogP contribution in [0.4, 0.5) is 5.82 Å². The molecular formula is C13H17N5. The van der Waals surface area contributed by atoms with Gasteiger partial charge in [0.05, 0.1) is 0 Å². The average Bonchev–Trinajstić information content (AvgIpc) is 2.47. The second-order valence-electron chi connectivity index (χ2n) is 4.62. The smallest absolute Gasteiger partial charge is 0.180 e. The highest BCUT2D eigenvalue weighted by Gasteiger charge is 2.18. The molecule has 5 nitrogen and oxygen atoms in total. The third-order valence-electron chi connectivity index (χ3n) is 3.54. The maximum Gasteiger partial charge on any atom is 0.180 e. The van der Waals surface area contributed by atoms with Crippen molar-refractivity contribution in [2.45, 2.75) is 18.9 Å². The van der Waals surface area contributed by atoms with Gasteiger partial charge in [0.1, 0.15) is 11.3 Å². The summed E-state index contributed by atoms with van der Waals surface area (Å²) in [5.41, 5.74) is 1.58. The summed E-state index contributed by atoms with van der Waals surface area (Å²) in [4.78, 5) is 15.4. The van der Waals surface area contributed by atoms with Gasteiger partial charge in [-0.3, -0.25) is 4.98 Å². The van der Waals surface area contributed by atoms with Gasteiger partial charge in [-0.25, -0.2) is 9.97 Å². The second kappa shape index (κ2) is 4.86. The molecule has 0 atom stereocenters. The van der Waals surface area contributed by atoms with Gasteiger partial charge in [-0.1, -0.05) is 0 Å². The Bertz CT molecular complexity index is 534. The third kappa shape index (κ3) is 2.13. The summed E-state index contributed by atoms with van der Waals surface area (Å²) in [7, 11) is 2.03. The number of anilines is 1. The van der Waals surface area contributed by atoms with E-state index in [9.17, 15) is 0 Å². The first-order valence-electron chi connectivity index (χ1n) is 6.37. The van der Waals surface area contributed by atoms with Gasteiger partial charge in [-0.2, -0.15) is 0 Å². The summed E-state index contributed by atoms with van der Waals surface area (Å²) in [5.74, 6) is 1.01. The van der Waals surface area contributed by atoms with Crippen LogP contribution in [0.2, 0.25) is 0 Å². The Morgan fingerprint density at radius 1 is 1.17 bits per heavy atom. The molecule has 0 aromatic carbocycles. The minimum atomic E-state index is 0.640. The van der Waals surface area contributed by atoms with Crippen molar-refractivity contribution >= 4 is 17.0 Å². The normalized spacial score (nSPS) is 17.3. The van der Waals surface area contributed by atoms with Crippen LogP contribution >= 0.6 is 0 Å². The monoisotopic (exact) mass is 243 g/mol. The molecule has 18 heavy (non-hydrogen) atoms. The second-order valence-corrected chi connectivity index (χ2v) is 4.62. The zero-order valence-electron chi connectivity index (χ0n) is 10.5. The highest BCUT2D eigenvalue weighted by Crippen LogP contribution is 2.19. The number of nitrogens with one attached hydrogen (secondary N) is 1. The summed E-state index contributed by atoms with van der Waals surface area (Å²) in [6.07, 6.45) is 5.71. The number of aromatic nitrogens is 3. The molecule has 0 bridgehead atoms. The number of nitrogens with zero attached hydrogens (tertiary/aromatic N) is 4. The zero-order chi connectivity index (χ0) is 12.4.